The first-order chi connectivity index (χ1) is 7.16. The minimum atomic E-state index is -0.262. The molecule has 15 heavy (non-hydrogen) atoms. The smallest absolute Gasteiger partial charge is 0.138 e. The van der Waals surface area contributed by atoms with Crippen molar-refractivity contribution in [3.8, 4) is 0 Å². The van der Waals surface area contributed by atoms with E-state index in [1.165, 1.54) is 6.07 Å². The molecule has 2 nitrogen and oxygen atoms in total. The number of halogens is 2. The van der Waals surface area contributed by atoms with Gasteiger partial charge >= 0.3 is 0 Å². The van der Waals surface area contributed by atoms with E-state index in [-0.39, 0.29) is 5.82 Å². The normalized spacial score (nSPS) is 10.3. The Kier molecular flexibility index (Phi) is 3.11. The number of benzene rings is 1. The van der Waals surface area contributed by atoms with Crippen LogP contribution in [0.15, 0.2) is 29.0 Å². The first kappa shape index (κ1) is 10.7. The number of hydrogen-bond donors (Lipinski definition) is 2. The highest BCUT2D eigenvalue weighted by atomic mass is 127. The van der Waals surface area contributed by atoms with E-state index in [1.807, 2.05) is 39.4 Å². The molecule has 0 bridgehead atoms. The lowest BCUT2D eigenvalue weighted by atomic mass is 10.2. The Morgan fingerprint density at radius 3 is 2.87 bits per heavy atom. The molecule has 1 aromatic heterocycles. The molecule has 0 saturated carbocycles. The van der Waals surface area contributed by atoms with E-state index in [9.17, 15) is 4.39 Å². The van der Waals surface area contributed by atoms with Crippen LogP contribution in [-0.2, 0) is 0 Å². The minimum absolute atomic E-state index is 0.262. The van der Waals surface area contributed by atoms with Crippen LogP contribution >= 0.6 is 33.9 Å². The van der Waals surface area contributed by atoms with Crippen molar-refractivity contribution in [1.82, 2.24) is 0 Å². The summed E-state index contributed by atoms with van der Waals surface area (Å²) in [5.74, 6) is -0.262. The molecular formula is C10H8FIN2S. The molecule has 0 aliphatic rings. The lowest BCUT2D eigenvalue weighted by molar-refractivity contribution is 0.621. The lowest BCUT2D eigenvalue weighted by Gasteiger charge is -2.08. The lowest BCUT2D eigenvalue weighted by Crippen LogP contribution is -1.97. The zero-order chi connectivity index (χ0) is 10.8. The van der Waals surface area contributed by atoms with Crippen LogP contribution in [0.2, 0.25) is 0 Å². The number of thiophene rings is 1. The Balaban J connectivity index is 2.33. The number of nitrogen functional groups attached to an aromatic ring is 1. The fourth-order valence-corrected chi connectivity index (χ4v) is 2.24. The number of anilines is 3. The first-order valence-corrected chi connectivity index (χ1v) is 6.22. The van der Waals surface area contributed by atoms with E-state index in [2.05, 4.69) is 5.32 Å². The third kappa shape index (κ3) is 2.40. The second-order valence-electron chi connectivity index (χ2n) is 2.99. The maximum atomic E-state index is 13.3. The van der Waals surface area contributed by atoms with Crippen molar-refractivity contribution in [2.75, 3.05) is 11.1 Å². The highest BCUT2D eigenvalue weighted by molar-refractivity contribution is 14.1. The summed E-state index contributed by atoms with van der Waals surface area (Å²) < 4.78 is 13.8. The average molecular weight is 334 g/mol. The SMILES string of the molecule is Nc1cc(I)c(F)cc1Nc1ccsc1. The van der Waals surface area contributed by atoms with Crippen LogP contribution in [0.1, 0.15) is 0 Å². The molecular weight excluding hydrogens is 326 g/mol. The third-order valence-corrected chi connectivity index (χ3v) is 3.40. The Morgan fingerprint density at radius 2 is 2.20 bits per heavy atom. The maximum absolute atomic E-state index is 13.3. The molecule has 1 heterocycles. The van der Waals surface area contributed by atoms with Gasteiger partial charge in [0.05, 0.1) is 14.9 Å². The van der Waals surface area contributed by atoms with E-state index < -0.39 is 0 Å². The average Bonchev–Trinajstić information content (AvgIpc) is 2.67. The Hall–Kier alpha value is -0.820. The van der Waals surface area contributed by atoms with Crippen LogP contribution in [0, 0.1) is 9.39 Å². The van der Waals surface area contributed by atoms with E-state index in [0.717, 1.165) is 5.69 Å². The highest BCUT2D eigenvalue weighted by Crippen LogP contribution is 2.27. The van der Waals surface area contributed by atoms with Crippen molar-refractivity contribution in [1.29, 1.82) is 0 Å². The van der Waals surface area contributed by atoms with E-state index >= 15 is 0 Å². The van der Waals surface area contributed by atoms with Crippen LogP contribution in [0.25, 0.3) is 0 Å². The summed E-state index contributed by atoms with van der Waals surface area (Å²) in [5, 5.41) is 6.95. The molecule has 2 rings (SSSR count). The van der Waals surface area contributed by atoms with Crippen molar-refractivity contribution < 1.29 is 4.39 Å². The standard InChI is InChI=1S/C10H8FIN2S/c11-7-3-10(9(13)4-8(7)12)14-6-1-2-15-5-6/h1-5,14H,13H2. The van der Waals surface area contributed by atoms with Gasteiger partial charge in [0.25, 0.3) is 0 Å². The number of hydrogen-bond acceptors (Lipinski definition) is 3. The predicted octanol–water partition coefficient (Wildman–Crippen LogP) is 3.82. The van der Waals surface area contributed by atoms with E-state index in [1.54, 1.807) is 17.4 Å². The Morgan fingerprint density at radius 1 is 1.40 bits per heavy atom. The van der Waals surface area contributed by atoms with Gasteiger partial charge in [-0.15, -0.1) is 0 Å². The topological polar surface area (TPSA) is 38.0 Å². The molecule has 0 amide bonds. The number of rotatable bonds is 2. The van der Waals surface area contributed by atoms with Gasteiger partial charge in [-0.2, -0.15) is 11.3 Å². The molecule has 3 N–H and O–H groups in total. The molecule has 0 atom stereocenters. The Labute approximate surface area is 104 Å². The van der Waals surface area contributed by atoms with Gasteiger partial charge in [0.15, 0.2) is 0 Å². The monoisotopic (exact) mass is 334 g/mol. The van der Waals surface area contributed by atoms with Crippen molar-refractivity contribution >= 4 is 51.0 Å². The van der Waals surface area contributed by atoms with Crippen molar-refractivity contribution in [2.45, 2.75) is 0 Å². The highest BCUT2D eigenvalue weighted by Gasteiger charge is 2.06. The molecule has 2 aromatic rings. The molecule has 0 fully saturated rings. The molecule has 0 unspecified atom stereocenters. The van der Waals surface area contributed by atoms with Gasteiger partial charge in [0.2, 0.25) is 0 Å². The van der Waals surface area contributed by atoms with Gasteiger partial charge in [-0.1, -0.05) is 0 Å². The van der Waals surface area contributed by atoms with Crippen molar-refractivity contribution in [3.05, 3.63) is 38.3 Å². The van der Waals surface area contributed by atoms with Crippen LogP contribution in [0.3, 0.4) is 0 Å². The van der Waals surface area contributed by atoms with E-state index in [4.69, 9.17) is 5.73 Å². The summed E-state index contributed by atoms with van der Waals surface area (Å²) in [4.78, 5) is 0. The molecule has 5 heteroatoms. The first-order valence-electron chi connectivity index (χ1n) is 4.20. The second-order valence-corrected chi connectivity index (χ2v) is 4.93. The summed E-state index contributed by atoms with van der Waals surface area (Å²) >= 11 is 3.49. The zero-order valence-electron chi connectivity index (χ0n) is 7.63. The molecule has 0 spiro atoms. The molecule has 1 aromatic carbocycles. The van der Waals surface area contributed by atoms with Gasteiger partial charge in [-0.25, -0.2) is 4.39 Å². The quantitative estimate of drug-likeness (QED) is 0.647. The van der Waals surface area contributed by atoms with Gasteiger partial charge in [-0.3, -0.25) is 0 Å². The van der Waals surface area contributed by atoms with Crippen LogP contribution in [-0.4, -0.2) is 0 Å². The minimum Gasteiger partial charge on any atom is -0.397 e. The van der Waals surface area contributed by atoms with Gasteiger partial charge in [0.1, 0.15) is 5.82 Å². The third-order valence-electron chi connectivity index (χ3n) is 1.89. The van der Waals surface area contributed by atoms with E-state index in [0.29, 0.717) is 14.9 Å². The summed E-state index contributed by atoms with van der Waals surface area (Å²) in [5.41, 5.74) is 7.85. The van der Waals surface area contributed by atoms with Gasteiger partial charge in [-0.05, 0) is 40.1 Å². The predicted molar refractivity (Wildman–Crippen MR) is 71.1 cm³/mol. The summed E-state index contributed by atoms with van der Waals surface area (Å²) in [6.45, 7) is 0. The summed E-state index contributed by atoms with van der Waals surface area (Å²) in [7, 11) is 0. The number of nitrogens with two attached hydrogens (primary N) is 1. The van der Waals surface area contributed by atoms with Crippen molar-refractivity contribution in [2.24, 2.45) is 0 Å². The van der Waals surface area contributed by atoms with Gasteiger partial charge in [0, 0.05) is 17.1 Å². The summed E-state index contributed by atoms with van der Waals surface area (Å²) in [6.07, 6.45) is 0. The largest absolute Gasteiger partial charge is 0.397 e. The fraction of sp³-hybridized carbons (Fsp3) is 0. The Bertz CT molecular complexity index is 471. The van der Waals surface area contributed by atoms with Crippen LogP contribution in [0.4, 0.5) is 21.5 Å². The van der Waals surface area contributed by atoms with Crippen molar-refractivity contribution in [3.63, 3.8) is 0 Å². The second kappa shape index (κ2) is 4.36. The zero-order valence-corrected chi connectivity index (χ0v) is 10.6. The maximum Gasteiger partial charge on any atom is 0.138 e. The fourth-order valence-electron chi connectivity index (χ4n) is 1.16. The molecule has 0 aliphatic carbocycles. The molecule has 78 valence electrons. The molecule has 0 radical (unpaired) electrons. The van der Waals surface area contributed by atoms with Crippen LogP contribution in [0.5, 0.6) is 0 Å². The van der Waals surface area contributed by atoms with Gasteiger partial charge < -0.3 is 11.1 Å². The molecule has 0 saturated heterocycles. The summed E-state index contributed by atoms with van der Waals surface area (Å²) in [6, 6.07) is 4.94. The molecule has 0 aliphatic heterocycles. The number of nitrogens with one attached hydrogen (secondary N) is 1. The van der Waals surface area contributed by atoms with Crippen LogP contribution < -0.4 is 11.1 Å².